The number of ether oxygens (including phenoxy) is 1. The Morgan fingerprint density at radius 1 is 1.19 bits per heavy atom. The molecule has 2 aromatic carbocycles. The zero-order chi connectivity index (χ0) is 22.4. The maximum Gasteiger partial charge on any atom is 0.323 e. The number of carboxylic acids is 1. The van der Waals surface area contributed by atoms with Crippen LogP contribution in [-0.4, -0.2) is 40.5 Å². The number of methoxy groups -OCH3 is 1. The summed E-state index contributed by atoms with van der Waals surface area (Å²) in [5, 5.41) is 12.3. The molecule has 0 aliphatic rings. The number of nitrogens with zero attached hydrogens (tertiary/aromatic N) is 2. The molecule has 31 heavy (non-hydrogen) atoms. The molecule has 0 bridgehead atoms. The number of benzene rings is 2. The van der Waals surface area contributed by atoms with E-state index in [9.17, 15) is 19.1 Å². The van der Waals surface area contributed by atoms with E-state index in [4.69, 9.17) is 4.74 Å². The molecule has 160 valence electrons. The minimum Gasteiger partial charge on any atom is -0.497 e. The van der Waals surface area contributed by atoms with Gasteiger partial charge in [0.2, 0.25) is 0 Å². The molecule has 0 aliphatic carbocycles. The molecule has 1 aromatic heterocycles. The highest BCUT2D eigenvalue weighted by Gasteiger charge is 2.23. The van der Waals surface area contributed by atoms with E-state index in [-0.39, 0.29) is 23.5 Å². The zero-order valence-electron chi connectivity index (χ0n) is 16.5. The number of aliphatic carboxylic acids is 1. The van der Waals surface area contributed by atoms with Crippen LogP contribution >= 0.6 is 15.9 Å². The lowest BCUT2D eigenvalue weighted by atomic mass is 10.1. The minimum atomic E-state index is -1.21. The Bertz CT molecular complexity index is 1090. The van der Waals surface area contributed by atoms with Crippen LogP contribution < -0.4 is 10.1 Å². The van der Waals surface area contributed by atoms with Crippen molar-refractivity contribution in [2.24, 2.45) is 0 Å². The molecule has 0 saturated heterocycles. The number of hydrogen-bond acceptors (Lipinski definition) is 5. The van der Waals surface area contributed by atoms with Gasteiger partial charge in [-0.25, -0.2) is 9.37 Å². The first-order chi connectivity index (χ1) is 14.9. The van der Waals surface area contributed by atoms with Crippen LogP contribution in [0, 0.1) is 5.82 Å². The van der Waals surface area contributed by atoms with E-state index < -0.39 is 24.2 Å². The first kappa shape index (κ1) is 22.2. The fraction of sp³-hybridized carbons (Fsp3) is 0.136. The zero-order valence-corrected chi connectivity index (χ0v) is 18.1. The van der Waals surface area contributed by atoms with Crippen LogP contribution in [0.1, 0.15) is 15.9 Å². The lowest BCUT2D eigenvalue weighted by molar-refractivity contribution is -0.137. The molecule has 3 rings (SSSR count). The van der Waals surface area contributed by atoms with E-state index in [1.165, 1.54) is 24.4 Å². The SMILES string of the molecule is COc1ccc(Nc2ncccc2C(=O)N(CC(=O)O)Cc2ccc(Br)cc2F)cc1. The van der Waals surface area contributed by atoms with E-state index in [1.54, 1.807) is 43.5 Å². The van der Waals surface area contributed by atoms with Gasteiger partial charge in [-0.2, -0.15) is 0 Å². The molecule has 0 atom stereocenters. The normalized spacial score (nSPS) is 10.4. The Morgan fingerprint density at radius 3 is 2.58 bits per heavy atom. The number of aromatic nitrogens is 1. The highest BCUT2D eigenvalue weighted by Crippen LogP contribution is 2.23. The fourth-order valence-electron chi connectivity index (χ4n) is 2.88. The van der Waals surface area contributed by atoms with Gasteiger partial charge in [-0.05, 0) is 48.5 Å². The van der Waals surface area contributed by atoms with Crippen molar-refractivity contribution < 1.29 is 23.8 Å². The minimum absolute atomic E-state index is 0.164. The predicted octanol–water partition coefficient (Wildman–Crippen LogP) is 4.46. The van der Waals surface area contributed by atoms with Crippen molar-refractivity contribution in [2.45, 2.75) is 6.54 Å². The maximum atomic E-state index is 14.3. The Hall–Kier alpha value is -3.46. The molecular formula is C22H19BrFN3O4. The summed E-state index contributed by atoms with van der Waals surface area (Å²) in [6.07, 6.45) is 1.51. The number of anilines is 2. The number of halogens is 2. The second-order valence-corrected chi connectivity index (χ2v) is 7.46. The summed E-state index contributed by atoms with van der Waals surface area (Å²) >= 11 is 3.18. The number of carbonyl (C=O) groups excluding carboxylic acids is 1. The molecule has 7 nitrogen and oxygen atoms in total. The van der Waals surface area contributed by atoms with Crippen LogP contribution in [0.15, 0.2) is 65.3 Å². The molecule has 2 N–H and O–H groups in total. The van der Waals surface area contributed by atoms with Crippen molar-refractivity contribution >= 4 is 39.3 Å². The van der Waals surface area contributed by atoms with Crippen molar-refractivity contribution in [3.8, 4) is 5.75 Å². The molecule has 1 heterocycles. The summed E-state index contributed by atoms with van der Waals surface area (Å²) in [5.41, 5.74) is 1.03. The van der Waals surface area contributed by atoms with Crippen molar-refractivity contribution in [1.29, 1.82) is 0 Å². The van der Waals surface area contributed by atoms with Crippen LogP contribution in [0.4, 0.5) is 15.9 Å². The lowest BCUT2D eigenvalue weighted by Crippen LogP contribution is -2.35. The average molecular weight is 488 g/mol. The van der Waals surface area contributed by atoms with Crippen molar-refractivity contribution in [2.75, 3.05) is 19.0 Å². The molecular weight excluding hydrogens is 469 g/mol. The molecule has 0 unspecified atom stereocenters. The van der Waals surface area contributed by atoms with Crippen molar-refractivity contribution in [3.63, 3.8) is 0 Å². The van der Waals surface area contributed by atoms with Crippen molar-refractivity contribution in [1.82, 2.24) is 9.88 Å². The largest absolute Gasteiger partial charge is 0.497 e. The predicted molar refractivity (Wildman–Crippen MR) is 117 cm³/mol. The fourth-order valence-corrected chi connectivity index (χ4v) is 3.21. The van der Waals surface area contributed by atoms with Gasteiger partial charge >= 0.3 is 5.97 Å². The Kier molecular flexibility index (Phi) is 7.19. The van der Waals surface area contributed by atoms with Gasteiger partial charge in [0.1, 0.15) is 23.9 Å². The summed E-state index contributed by atoms with van der Waals surface area (Å²) in [6.45, 7) is -0.799. The second-order valence-electron chi connectivity index (χ2n) is 6.54. The molecule has 0 fully saturated rings. The Labute approximate surface area is 186 Å². The molecule has 0 aliphatic heterocycles. The van der Waals surface area contributed by atoms with Gasteiger partial charge in [-0.3, -0.25) is 9.59 Å². The molecule has 9 heteroatoms. The highest BCUT2D eigenvalue weighted by molar-refractivity contribution is 9.10. The summed E-state index contributed by atoms with van der Waals surface area (Å²) in [7, 11) is 1.56. The van der Waals surface area contributed by atoms with Gasteiger partial charge < -0.3 is 20.1 Å². The van der Waals surface area contributed by atoms with Crippen LogP contribution in [0.5, 0.6) is 5.75 Å². The number of pyridine rings is 1. The molecule has 0 saturated carbocycles. The van der Waals surface area contributed by atoms with Gasteiger partial charge in [0.15, 0.2) is 0 Å². The Balaban J connectivity index is 1.89. The number of carboxylic acid groups (broad SMARTS) is 1. The van der Waals surface area contributed by atoms with Gasteiger partial charge in [-0.1, -0.05) is 22.0 Å². The number of amides is 1. The van der Waals surface area contributed by atoms with Crippen molar-refractivity contribution in [3.05, 3.63) is 82.2 Å². The summed E-state index contributed by atoms with van der Waals surface area (Å²) in [6, 6.07) is 14.5. The Morgan fingerprint density at radius 2 is 1.94 bits per heavy atom. The standard InChI is InChI=1S/C22H19BrFN3O4/c1-31-17-8-6-16(7-9-17)26-21-18(3-2-10-25-21)22(30)27(13-20(28)29)12-14-4-5-15(23)11-19(14)24/h2-11H,12-13H2,1H3,(H,25,26)(H,28,29). The first-order valence-corrected chi connectivity index (χ1v) is 9.97. The molecule has 0 spiro atoms. The van der Waals surface area contributed by atoms with E-state index in [0.717, 1.165) is 4.90 Å². The quantitative estimate of drug-likeness (QED) is 0.487. The monoisotopic (exact) mass is 487 g/mol. The third-order valence-electron chi connectivity index (χ3n) is 4.38. The van der Waals surface area contributed by atoms with Gasteiger partial charge in [0.25, 0.3) is 5.91 Å². The third kappa shape index (κ3) is 5.79. The van der Waals surface area contributed by atoms with E-state index in [2.05, 4.69) is 26.2 Å². The average Bonchev–Trinajstić information content (AvgIpc) is 2.75. The summed E-state index contributed by atoms with van der Waals surface area (Å²) in [4.78, 5) is 29.9. The number of nitrogens with one attached hydrogen (secondary N) is 1. The first-order valence-electron chi connectivity index (χ1n) is 9.18. The maximum absolute atomic E-state index is 14.3. The van der Waals surface area contributed by atoms with Gasteiger partial charge in [-0.15, -0.1) is 0 Å². The van der Waals surface area contributed by atoms with Crippen LogP contribution in [0.25, 0.3) is 0 Å². The highest BCUT2D eigenvalue weighted by atomic mass is 79.9. The number of rotatable bonds is 8. The smallest absolute Gasteiger partial charge is 0.323 e. The number of hydrogen-bond donors (Lipinski definition) is 2. The lowest BCUT2D eigenvalue weighted by Gasteiger charge is -2.22. The van der Waals surface area contributed by atoms with Gasteiger partial charge in [0.05, 0.1) is 12.7 Å². The van der Waals surface area contributed by atoms with Crippen LogP contribution in [-0.2, 0) is 11.3 Å². The summed E-state index contributed by atoms with van der Waals surface area (Å²) < 4.78 is 20.0. The molecule has 1 amide bonds. The number of carbonyl (C=O) groups is 2. The van der Waals surface area contributed by atoms with E-state index in [0.29, 0.717) is 15.9 Å². The van der Waals surface area contributed by atoms with E-state index >= 15 is 0 Å². The van der Waals surface area contributed by atoms with Crippen LogP contribution in [0.2, 0.25) is 0 Å². The topological polar surface area (TPSA) is 91.8 Å². The van der Waals surface area contributed by atoms with E-state index in [1.807, 2.05) is 0 Å². The van der Waals surface area contributed by atoms with Crippen LogP contribution in [0.3, 0.4) is 0 Å². The third-order valence-corrected chi connectivity index (χ3v) is 4.87. The molecule has 3 aromatic rings. The molecule has 0 radical (unpaired) electrons. The second kappa shape index (κ2) is 10.0. The van der Waals surface area contributed by atoms with Gasteiger partial charge in [0, 0.05) is 28.5 Å². The summed E-state index contributed by atoms with van der Waals surface area (Å²) in [5.74, 6) is -1.41.